The molecule has 1 nitrogen and oxygen atoms in total. The van der Waals surface area contributed by atoms with E-state index in [4.69, 9.17) is 0 Å². The van der Waals surface area contributed by atoms with Gasteiger partial charge in [-0.25, -0.2) is 0 Å². The Morgan fingerprint density at radius 2 is 1.71 bits per heavy atom. The van der Waals surface area contributed by atoms with Crippen molar-refractivity contribution in [1.82, 2.24) is 0 Å². The Hall–Kier alpha value is 0.0200. The van der Waals surface area contributed by atoms with Crippen LogP contribution in [0.15, 0.2) is 0 Å². The molecule has 0 saturated heterocycles. The molecule has 14 heavy (non-hydrogen) atoms. The molecule has 84 valence electrons. The van der Waals surface area contributed by atoms with Crippen molar-refractivity contribution in [2.75, 3.05) is 6.26 Å². The molecule has 1 atom stereocenters. The van der Waals surface area contributed by atoms with Crippen molar-refractivity contribution in [2.24, 2.45) is 5.92 Å². The van der Waals surface area contributed by atoms with Crippen LogP contribution in [-0.4, -0.2) is 11.4 Å². The molecule has 0 radical (unpaired) electrons. The first-order chi connectivity index (χ1) is 6.72. The van der Waals surface area contributed by atoms with Gasteiger partial charge in [0.2, 0.25) is 0 Å². The molecule has 0 rings (SSSR count). The van der Waals surface area contributed by atoms with E-state index in [-0.39, 0.29) is 5.92 Å². The number of rotatable bonds is 8. The monoisotopic (exact) mass is 216 g/mol. The summed E-state index contributed by atoms with van der Waals surface area (Å²) in [5, 5.41) is 0.346. The molecule has 0 heterocycles. The number of hydrogen-bond donors (Lipinski definition) is 0. The molecule has 0 spiro atoms. The van der Waals surface area contributed by atoms with Crippen molar-refractivity contribution in [3.8, 4) is 0 Å². The van der Waals surface area contributed by atoms with Crippen LogP contribution in [0, 0.1) is 5.92 Å². The normalized spacial score (nSPS) is 12.8. The molecular weight excluding hydrogens is 192 g/mol. The van der Waals surface area contributed by atoms with E-state index in [1.165, 1.54) is 50.3 Å². The van der Waals surface area contributed by atoms with Crippen molar-refractivity contribution >= 4 is 16.9 Å². The Morgan fingerprint density at radius 3 is 2.29 bits per heavy atom. The van der Waals surface area contributed by atoms with Gasteiger partial charge in [-0.2, -0.15) is 0 Å². The first kappa shape index (κ1) is 14.0. The molecule has 0 aromatic carbocycles. The van der Waals surface area contributed by atoms with Gasteiger partial charge in [0.1, 0.15) is 0 Å². The number of hydrogen-bond acceptors (Lipinski definition) is 2. The summed E-state index contributed by atoms with van der Waals surface area (Å²) in [5.41, 5.74) is 0. The summed E-state index contributed by atoms with van der Waals surface area (Å²) in [4.78, 5) is 11.2. The molecule has 0 aliphatic heterocycles. The largest absolute Gasteiger partial charge is 0.287 e. The van der Waals surface area contributed by atoms with Crippen LogP contribution in [0.25, 0.3) is 0 Å². The Kier molecular flexibility index (Phi) is 9.58. The smallest absolute Gasteiger partial charge is 0.191 e. The van der Waals surface area contributed by atoms with Gasteiger partial charge in [0.15, 0.2) is 5.12 Å². The van der Waals surface area contributed by atoms with Crippen molar-refractivity contribution < 1.29 is 4.79 Å². The Morgan fingerprint density at radius 1 is 1.14 bits per heavy atom. The molecule has 0 aliphatic rings. The summed E-state index contributed by atoms with van der Waals surface area (Å²) < 4.78 is 0. The minimum Gasteiger partial charge on any atom is -0.287 e. The average molecular weight is 216 g/mol. The summed E-state index contributed by atoms with van der Waals surface area (Å²) in [6.07, 6.45) is 10.8. The van der Waals surface area contributed by atoms with Crippen LogP contribution in [0.3, 0.4) is 0 Å². The molecule has 0 aliphatic carbocycles. The lowest BCUT2D eigenvalue weighted by atomic mass is 10.0. The fourth-order valence-corrected chi connectivity index (χ4v) is 2.07. The van der Waals surface area contributed by atoms with Crippen LogP contribution in [0.4, 0.5) is 0 Å². The Balaban J connectivity index is 3.23. The standard InChI is InChI=1S/C12H24OS/c1-4-5-6-7-8-9-10-11(2)12(13)14-3/h11H,4-10H2,1-3H3. The molecule has 0 fully saturated rings. The average Bonchev–Trinajstić information content (AvgIpc) is 2.21. The summed E-state index contributed by atoms with van der Waals surface area (Å²) in [7, 11) is 0. The summed E-state index contributed by atoms with van der Waals surface area (Å²) in [5.74, 6) is 0.260. The van der Waals surface area contributed by atoms with Crippen LogP contribution >= 0.6 is 11.8 Å². The zero-order valence-corrected chi connectivity index (χ0v) is 10.7. The van der Waals surface area contributed by atoms with E-state index in [9.17, 15) is 4.79 Å². The second-order valence-electron chi connectivity index (χ2n) is 3.98. The molecule has 0 bridgehead atoms. The minimum atomic E-state index is 0.260. The van der Waals surface area contributed by atoms with Gasteiger partial charge in [-0.3, -0.25) is 4.79 Å². The van der Waals surface area contributed by atoms with E-state index in [0.717, 1.165) is 6.42 Å². The summed E-state index contributed by atoms with van der Waals surface area (Å²) in [6, 6.07) is 0. The van der Waals surface area contributed by atoms with Crippen molar-refractivity contribution in [3.63, 3.8) is 0 Å². The minimum absolute atomic E-state index is 0.260. The van der Waals surface area contributed by atoms with E-state index in [1.807, 2.05) is 13.2 Å². The van der Waals surface area contributed by atoms with Crippen molar-refractivity contribution in [3.05, 3.63) is 0 Å². The van der Waals surface area contributed by atoms with E-state index in [0.29, 0.717) is 5.12 Å². The summed E-state index contributed by atoms with van der Waals surface area (Å²) in [6.45, 7) is 4.28. The number of unbranched alkanes of at least 4 members (excludes halogenated alkanes) is 5. The highest BCUT2D eigenvalue weighted by atomic mass is 32.2. The highest BCUT2D eigenvalue weighted by Crippen LogP contribution is 2.16. The number of thioether (sulfide) groups is 1. The van der Waals surface area contributed by atoms with E-state index in [2.05, 4.69) is 6.92 Å². The van der Waals surface area contributed by atoms with Gasteiger partial charge in [0.25, 0.3) is 0 Å². The third-order valence-electron chi connectivity index (χ3n) is 2.59. The lowest BCUT2D eigenvalue weighted by molar-refractivity contribution is -0.114. The molecule has 0 N–H and O–H groups in total. The zero-order chi connectivity index (χ0) is 10.8. The predicted molar refractivity (Wildman–Crippen MR) is 65.7 cm³/mol. The van der Waals surface area contributed by atoms with Crippen molar-refractivity contribution in [2.45, 2.75) is 58.8 Å². The SMILES string of the molecule is CCCCCCCCC(C)C(=O)SC. The van der Waals surface area contributed by atoms with E-state index >= 15 is 0 Å². The maximum Gasteiger partial charge on any atom is 0.191 e. The molecule has 0 aromatic heterocycles. The highest BCUT2D eigenvalue weighted by Gasteiger charge is 2.10. The van der Waals surface area contributed by atoms with Crippen LogP contribution in [0.1, 0.15) is 58.8 Å². The Bertz CT molecular complexity index is 145. The van der Waals surface area contributed by atoms with Gasteiger partial charge in [-0.1, -0.05) is 64.1 Å². The molecule has 0 aromatic rings. The second kappa shape index (κ2) is 9.57. The van der Waals surface area contributed by atoms with Gasteiger partial charge in [0, 0.05) is 5.92 Å². The molecule has 0 amide bonds. The highest BCUT2D eigenvalue weighted by molar-refractivity contribution is 8.13. The lowest BCUT2D eigenvalue weighted by Crippen LogP contribution is -2.05. The van der Waals surface area contributed by atoms with E-state index < -0.39 is 0 Å². The molecule has 2 heteroatoms. The van der Waals surface area contributed by atoms with Gasteiger partial charge in [-0.15, -0.1) is 0 Å². The molecule has 1 unspecified atom stereocenters. The van der Waals surface area contributed by atoms with Crippen LogP contribution in [0.2, 0.25) is 0 Å². The van der Waals surface area contributed by atoms with Gasteiger partial charge in [-0.05, 0) is 12.7 Å². The first-order valence-corrected chi connectivity index (χ1v) is 7.02. The Labute approximate surface area is 93.0 Å². The van der Waals surface area contributed by atoms with Gasteiger partial charge in [0.05, 0.1) is 0 Å². The molecular formula is C12H24OS. The lowest BCUT2D eigenvalue weighted by Gasteiger charge is -2.07. The number of carbonyl (C=O) groups excluding carboxylic acids is 1. The maximum absolute atomic E-state index is 11.2. The second-order valence-corrected chi connectivity index (χ2v) is 4.79. The maximum atomic E-state index is 11.2. The number of carbonyl (C=O) groups is 1. The first-order valence-electron chi connectivity index (χ1n) is 5.80. The quantitative estimate of drug-likeness (QED) is 0.564. The van der Waals surface area contributed by atoms with E-state index in [1.54, 1.807) is 0 Å². The third kappa shape index (κ3) is 7.43. The fourth-order valence-electron chi connectivity index (χ4n) is 1.55. The summed E-state index contributed by atoms with van der Waals surface area (Å²) >= 11 is 1.37. The third-order valence-corrected chi connectivity index (χ3v) is 3.40. The van der Waals surface area contributed by atoms with Crippen molar-refractivity contribution in [1.29, 1.82) is 0 Å². The van der Waals surface area contributed by atoms with Crippen LogP contribution in [-0.2, 0) is 4.79 Å². The van der Waals surface area contributed by atoms with Gasteiger partial charge < -0.3 is 0 Å². The zero-order valence-electron chi connectivity index (χ0n) is 9.84. The van der Waals surface area contributed by atoms with Crippen LogP contribution < -0.4 is 0 Å². The predicted octanol–water partition coefficient (Wildman–Crippen LogP) is 4.26. The fraction of sp³-hybridized carbons (Fsp3) is 0.917. The van der Waals surface area contributed by atoms with Crippen LogP contribution in [0.5, 0.6) is 0 Å². The molecule has 0 saturated carbocycles. The van der Waals surface area contributed by atoms with Gasteiger partial charge >= 0.3 is 0 Å². The topological polar surface area (TPSA) is 17.1 Å².